The van der Waals surface area contributed by atoms with E-state index in [0.717, 1.165) is 46.7 Å². The van der Waals surface area contributed by atoms with Crippen molar-refractivity contribution < 1.29 is 4.79 Å². The molecule has 26 heavy (non-hydrogen) atoms. The molecule has 1 N–H and O–H groups in total. The lowest BCUT2D eigenvalue weighted by atomic mass is 10.3. The fourth-order valence-electron chi connectivity index (χ4n) is 2.49. The van der Waals surface area contributed by atoms with Gasteiger partial charge in [-0.1, -0.05) is 43.0 Å². The second-order valence-electron chi connectivity index (χ2n) is 5.76. The molecule has 5 nitrogen and oxygen atoms in total. The van der Waals surface area contributed by atoms with Crippen LogP contribution in [0.15, 0.2) is 53.0 Å². The van der Waals surface area contributed by atoms with Gasteiger partial charge in [0.15, 0.2) is 11.0 Å². The molecule has 0 saturated carbocycles. The van der Waals surface area contributed by atoms with E-state index in [2.05, 4.69) is 45.2 Å². The number of benzene rings is 1. The van der Waals surface area contributed by atoms with Gasteiger partial charge in [0.25, 0.3) is 0 Å². The van der Waals surface area contributed by atoms with Crippen LogP contribution in [-0.4, -0.2) is 33.0 Å². The first-order chi connectivity index (χ1) is 12.8. The highest BCUT2D eigenvalue weighted by molar-refractivity contribution is 7.99. The Labute approximate surface area is 161 Å². The number of para-hydroxylation sites is 1. The van der Waals surface area contributed by atoms with E-state index in [-0.39, 0.29) is 5.91 Å². The molecule has 2 aromatic heterocycles. The Morgan fingerprint density at radius 1 is 1.19 bits per heavy atom. The molecule has 0 aliphatic heterocycles. The van der Waals surface area contributed by atoms with E-state index in [1.54, 1.807) is 23.1 Å². The highest BCUT2D eigenvalue weighted by Gasteiger charge is 2.16. The van der Waals surface area contributed by atoms with E-state index in [4.69, 9.17) is 0 Å². The molecule has 2 heterocycles. The Kier molecular flexibility index (Phi) is 6.85. The van der Waals surface area contributed by atoms with Gasteiger partial charge >= 0.3 is 0 Å². The third-order valence-corrected chi connectivity index (χ3v) is 5.62. The van der Waals surface area contributed by atoms with Crippen LogP contribution in [-0.2, 0) is 4.79 Å². The van der Waals surface area contributed by atoms with Crippen LogP contribution in [0.2, 0.25) is 0 Å². The van der Waals surface area contributed by atoms with E-state index >= 15 is 0 Å². The molecule has 0 unspecified atom stereocenters. The zero-order valence-corrected chi connectivity index (χ0v) is 16.4. The van der Waals surface area contributed by atoms with Crippen molar-refractivity contribution in [3.63, 3.8) is 0 Å². The number of nitrogens with zero attached hydrogens (tertiary/aromatic N) is 3. The number of hydrogen-bond acceptors (Lipinski definition) is 5. The summed E-state index contributed by atoms with van der Waals surface area (Å²) in [6, 6.07) is 14.2. The van der Waals surface area contributed by atoms with Crippen LogP contribution >= 0.6 is 23.1 Å². The minimum absolute atomic E-state index is 0.122. The van der Waals surface area contributed by atoms with Crippen LogP contribution in [0.4, 0.5) is 0 Å². The average molecular weight is 387 g/mol. The Morgan fingerprint density at radius 2 is 2.04 bits per heavy atom. The maximum Gasteiger partial charge on any atom is 0.220 e. The second kappa shape index (κ2) is 9.54. The molecule has 136 valence electrons. The van der Waals surface area contributed by atoms with Gasteiger partial charge < -0.3 is 5.32 Å². The lowest BCUT2D eigenvalue weighted by molar-refractivity contribution is -0.121. The van der Waals surface area contributed by atoms with E-state index in [1.807, 2.05) is 29.6 Å². The van der Waals surface area contributed by atoms with Crippen LogP contribution < -0.4 is 5.32 Å². The van der Waals surface area contributed by atoms with Gasteiger partial charge in [-0.15, -0.1) is 21.5 Å². The monoisotopic (exact) mass is 386 g/mol. The third-order valence-electron chi connectivity index (χ3n) is 3.74. The Balaban J connectivity index is 1.71. The van der Waals surface area contributed by atoms with Crippen molar-refractivity contribution in [3.05, 3.63) is 47.8 Å². The maximum absolute atomic E-state index is 11.7. The van der Waals surface area contributed by atoms with Gasteiger partial charge in [0.05, 0.1) is 4.88 Å². The van der Waals surface area contributed by atoms with E-state index in [1.165, 1.54) is 0 Å². The lowest BCUT2D eigenvalue weighted by Gasteiger charge is -2.09. The standard InChI is InChI=1S/C19H22N4OS2/c1-2-12-20-17(24)11-7-14-26-19-22-21-18(16-10-6-13-25-16)23(19)15-8-4-3-5-9-15/h3-6,8-10,13H,2,7,11-12,14H2,1H3,(H,20,24). The first-order valence-electron chi connectivity index (χ1n) is 8.74. The minimum atomic E-state index is 0.122. The second-order valence-corrected chi connectivity index (χ2v) is 7.77. The smallest absolute Gasteiger partial charge is 0.220 e. The molecule has 3 aromatic rings. The Morgan fingerprint density at radius 3 is 2.77 bits per heavy atom. The first kappa shape index (κ1) is 18.7. The van der Waals surface area contributed by atoms with Crippen molar-refractivity contribution in [1.82, 2.24) is 20.1 Å². The van der Waals surface area contributed by atoms with Crippen LogP contribution in [0.25, 0.3) is 16.4 Å². The summed E-state index contributed by atoms with van der Waals surface area (Å²) in [5, 5.41) is 14.6. The molecule has 1 aromatic carbocycles. The summed E-state index contributed by atoms with van der Waals surface area (Å²) in [6.07, 6.45) is 2.33. The summed E-state index contributed by atoms with van der Waals surface area (Å²) in [7, 11) is 0. The molecule has 0 saturated heterocycles. The number of aromatic nitrogens is 3. The van der Waals surface area contributed by atoms with Crippen molar-refractivity contribution >= 4 is 29.0 Å². The highest BCUT2D eigenvalue weighted by Crippen LogP contribution is 2.30. The van der Waals surface area contributed by atoms with Crippen molar-refractivity contribution in [1.29, 1.82) is 0 Å². The molecule has 0 bridgehead atoms. The fourth-order valence-corrected chi connectivity index (χ4v) is 4.08. The van der Waals surface area contributed by atoms with Crippen molar-refractivity contribution in [2.75, 3.05) is 12.3 Å². The molecule has 0 aliphatic carbocycles. The number of carbonyl (C=O) groups is 1. The van der Waals surface area contributed by atoms with Gasteiger partial charge in [-0.2, -0.15) is 0 Å². The van der Waals surface area contributed by atoms with Gasteiger partial charge in [0.2, 0.25) is 5.91 Å². The molecule has 0 aliphatic rings. The van der Waals surface area contributed by atoms with Crippen molar-refractivity contribution in [3.8, 4) is 16.4 Å². The SMILES string of the molecule is CCCNC(=O)CCCSc1nnc(-c2cccs2)n1-c1ccccc1. The summed E-state index contributed by atoms with van der Waals surface area (Å²) in [6.45, 7) is 2.80. The molecule has 0 spiro atoms. The molecular formula is C19H22N4OS2. The van der Waals surface area contributed by atoms with Crippen LogP contribution in [0.3, 0.4) is 0 Å². The van der Waals surface area contributed by atoms with Crippen molar-refractivity contribution in [2.45, 2.75) is 31.3 Å². The zero-order valence-electron chi connectivity index (χ0n) is 14.7. The Bertz CT molecular complexity index is 815. The van der Waals surface area contributed by atoms with Crippen LogP contribution in [0, 0.1) is 0 Å². The summed E-state index contributed by atoms with van der Waals surface area (Å²) in [4.78, 5) is 12.8. The van der Waals surface area contributed by atoms with Crippen LogP contribution in [0.5, 0.6) is 0 Å². The van der Waals surface area contributed by atoms with Gasteiger partial charge in [-0.25, -0.2) is 0 Å². The quantitative estimate of drug-likeness (QED) is 0.437. The van der Waals surface area contributed by atoms with Gasteiger partial charge in [0.1, 0.15) is 0 Å². The van der Waals surface area contributed by atoms with E-state index in [0.29, 0.717) is 6.42 Å². The van der Waals surface area contributed by atoms with Gasteiger partial charge in [0, 0.05) is 24.4 Å². The zero-order chi connectivity index (χ0) is 18.2. The number of hydrogen-bond donors (Lipinski definition) is 1. The summed E-state index contributed by atoms with van der Waals surface area (Å²) < 4.78 is 2.09. The molecule has 0 radical (unpaired) electrons. The summed E-state index contributed by atoms with van der Waals surface area (Å²) in [5.41, 5.74) is 1.05. The number of nitrogens with one attached hydrogen (secondary N) is 1. The highest BCUT2D eigenvalue weighted by atomic mass is 32.2. The topological polar surface area (TPSA) is 59.8 Å². The number of thioether (sulfide) groups is 1. The number of rotatable bonds is 9. The molecule has 7 heteroatoms. The fraction of sp³-hybridized carbons (Fsp3) is 0.316. The molecular weight excluding hydrogens is 364 g/mol. The van der Waals surface area contributed by atoms with Gasteiger partial charge in [-0.3, -0.25) is 9.36 Å². The maximum atomic E-state index is 11.7. The minimum Gasteiger partial charge on any atom is -0.356 e. The molecule has 0 atom stereocenters. The predicted octanol–water partition coefficient (Wildman–Crippen LogP) is 4.39. The molecule has 1 amide bonds. The summed E-state index contributed by atoms with van der Waals surface area (Å²) in [5.74, 6) is 1.81. The van der Waals surface area contributed by atoms with Crippen LogP contribution in [0.1, 0.15) is 26.2 Å². The average Bonchev–Trinajstić information content (AvgIpc) is 3.33. The molecule has 3 rings (SSSR count). The normalized spacial score (nSPS) is 10.8. The van der Waals surface area contributed by atoms with Gasteiger partial charge in [-0.05, 0) is 36.4 Å². The first-order valence-corrected chi connectivity index (χ1v) is 10.6. The summed E-state index contributed by atoms with van der Waals surface area (Å²) >= 11 is 3.29. The van der Waals surface area contributed by atoms with E-state index in [9.17, 15) is 4.79 Å². The lowest BCUT2D eigenvalue weighted by Crippen LogP contribution is -2.23. The molecule has 0 fully saturated rings. The number of amides is 1. The number of thiophene rings is 1. The number of carbonyl (C=O) groups excluding carboxylic acids is 1. The van der Waals surface area contributed by atoms with Crippen molar-refractivity contribution in [2.24, 2.45) is 0 Å². The largest absolute Gasteiger partial charge is 0.356 e. The Hall–Kier alpha value is -2.12. The van der Waals surface area contributed by atoms with E-state index < -0.39 is 0 Å². The predicted molar refractivity (Wildman–Crippen MR) is 108 cm³/mol. The third kappa shape index (κ3) is 4.74.